The van der Waals surface area contributed by atoms with Crippen LogP contribution in [0.25, 0.3) is 10.9 Å². The summed E-state index contributed by atoms with van der Waals surface area (Å²) in [5.41, 5.74) is 10.8. The molecule has 156 valence electrons. The fraction of sp³-hybridized carbons (Fsp3) is 0.185. The largest absolute Gasteiger partial charge is 0.342 e. The van der Waals surface area contributed by atoms with Crippen LogP contribution in [0, 0.1) is 20.8 Å². The van der Waals surface area contributed by atoms with E-state index in [1.807, 2.05) is 24.3 Å². The Labute approximate surface area is 183 Å². The molecular weight excluding hydrogens is 382 g/mol. The first-order valence-corrected chi connectivity index (χ1v) is 10.5. The number of hydrogen-bond acceptors (Lipinski definition) is 2. The van der Waals surface area contributed by atoms with Gasteiger partial charge >= 0.3 is 0 Å². The van der Waals surface area contributed by atoms with Crippen molar-refractivity contribution >= 4 is 23.0 Å². The molecule has 0 radical (unpaired) electrons. The van der Waals surface area contributed by atoms with Gasteiger partial charge in [0.2, 0.25) is 5.91 Å². The van der Waals surface area contributed by atoms with Crippen molar-refractivity contribution in [2.45, 2.75) is 33.7 Å². The molecule has 31 heavy (non-hydrogen) atoms. The van der Waals surface area contributed by atoms with Crippen molar-refractivity contribution < 1.29 is 4.79 Å². The van der Waals surface area contributed by atoms with Crippen molar-refractivity contribution in [3.63, 3.8) is 0 Å². The summed E-state index contributed by atoms with van der Waals surface area (Å²) in [5, 5.41) is 5.34. The van der Waals surface area contributed by atoms with Crippen molar-refractivity contribution in [1.82, 2.24) is 9.99 Å². The molecule has 1 heterocycles. The van der Waals surface area contributed by atoms with E-state index in [1.165, 1.54) is 22.3 Å². The molecule has 1 N–H and O–H groups in total. The van der Waals surface area contributed by atoms with Crippen LogP contribution in [0.4, 0.5) is 0 Å². The topological polar surface area (TPSA) is 46.4 Å². The molecule has 0 saturated heterocycles. The average Bonchev–Trinajstić information content (AvgIpc) is 3.10. The second-order valence-electron chi connectivity index (χ2n) is 8.04. The molecule has 0 aliphatic heterocycles. The van der Waals surface area contributed by atoms with Crippen LogP contribution in [-0.4, -0.2) is 16.7 Å². The molecule has 4 aromatic rings. The summed E-state index contributed by atoms with van der Waals surface area (Å²) >= 11 is 0. The fourth-order valence-corrected chi connectivity index (χ4v) is 3.79. The number of benzene rings is 3. The molecule has 0 aliphatic rings. The van der Waals surface area contributed by atoms with E-state index in [4.69, 9.17) is 0 Å². The third kappa shape index (κ3) is 4.75. The van der Waals surface area contributed by atoms with E-state index in [0.29, 0.717) is 6.42 Å². The molecule has 0 spiro atoms. The molecule has 1 aromatic heterocycles. The van der Waals surface area contributed by atoms with Crippen LogP contribution in [0.2, 0.25) is 0 Å². The lowest BCUT2D eigenvalue weighted by molar-refractivity contribution is -0.120. The van der Waals surface area contributed by atoms with Crippen LogP contribution in [0.1, 0.15) is 33.4 Å². The zero-order valence-electron chi connectivity index (χ0n) is 18.2. The van der Waals surface area contributed by atoms with Gasteiger partial charge in [0.25, 0.3) is 0 Å². The maximum Gasteiger partial charge on any atom is 0.244 e. The molecule has 4 nitrogen and oxygen atoms in total. The first-order valence-electron chi connectivity index (χ1n) is 10.5. The highest BCUT2D eigenvalue weighted by atomic mass is 16.2. The van der Waals surface area contributed by atoms with E-state index in [9.17, 15) is 4.79 Å². The van der Waals surface area contributed by atoms with E-state index in [2.05, 4.69) is 84.5 Å². The van der Waals surface area contributed by atoms with Gasteiger partial charge in [-0.1, -0.05) is 60.7 Å². The van der Waals surface area contributed by atoms with Gasteiger partial charge in [-0.05, 0) is 54.7 Å². The number of aryl methyl sites for hydroxylation is 3. The summed E-state index contributed by atoms with van der Waals surface area (Å²) in [6.45, 7) is 7.05. The lowest BCUT2D eigenvalue weighted by Crippen LogP contribution is -2.19. The third-order valence-electron chi connectivity index (χ3n) is 5.75. The summed E-state index contributed by atoms with van der Waals surface area (Å²) in [4.78, 5) is 12.3. The number of hydrogen-bond donors (Lipinski definition) is 1. The molecule has 4 rings (SSSR count). The van der Waals surface area contributed by atoms with Crippen LogP contribution in [0.3, 0.4) is 0 Å². The molecule has 0 bridgehead atoms. The zero-order chi connectivity index (χ0) is 21.8. The summed E-state index contributed by atoms with van der Waals surface area (Å²) in [6.07, 6.45) is 4.14. The average molecular weight is 410 g/mol. The highest BCUT2D eigenvalue weighted by Gasteiger charge is 2.09. The van der Waals surface area contributed by atoms with E-state index in [1.54, 1.807) is 6.21 Å². The molecule has 0 atom stereocenters. The summed E-state index contributed by atoms with van der Waals surface area (Å²) in [7, 11) is 0. The minimum Gasteiger partial charge on any atom is -0.342 e. The number of carbonyl (C=O) groups excluding carboxylic acids is 1. The molecule has 3 aromatic carbocycles. The summed E-state index contributed by atoms with van der Waals surface area (Å²) < 4.78 is 2.23. The predicted molar refractivity (Wildman–Crippen MR) is 128 cm³/mol. The van der Waals surface area contributed by atoms with E-state index in [-0.39, 0.29) is 5.91 Å². The van der Waals surface area contributed by atoms with Gasteiger partial charge in [0.05, 0.1) is 12.6 Å². The number of fused-ring (bicyclic) bond motifs is 1. The lowest BCUT2D eigenvalue weighted by atomic mass is 10.0. The Morgan fingerprint density at radius 2 is 1.71 bits per heavy atom. The fourth-order valence-electron chi connectivity index (χ4n) is 3.79. The second kappa shape index (κ2) is 9.00. The van der Waals surface area contributed by atoms with Gasteiger partial charge < -0.3 is 4.57 Å². The number of nitrogens with zero attached hydrogens (tertiary/aromatic N) is 2. The van der Waals surface area contributed by atoms with Gasteiger partial charge in [-0.25, -0.2) is 5.43 Å². The van der Waals surface area contributed by atoms with E-state index < -0.39 is 0 Å². The Kier molecular flexibility index (Phi) is 5.99. The van der Waals surface area contributed by atoms with Gasteiger partial charge in [-0.15, -0.1) is 0 Å². The third-order valence-corrected chi connectivity index (χ3v) is 5.75. The quantitative estimate of drug-likeness (QED) is 0.341. The van der Waals surface area contributed by atoms with Gasteiger partial charge in [0.1, 0.15) is 0 Å². The van der Waals surface area contributed by atoms with Crippen LogP contribution in [0.5, 0.6) is 0 Å². The second-order valence-corrected chi connectivity index (χ2v) is 8.04. The molecule has 0 unspecified atom stereocenters. The van der Waals surface area contributed by atoms with Crippen molar-refractivity contribution in [3.8, 4) is 0 Å². The number of rotatable bonds is 6. The molecule has 0 aliphatic carbocycles. The van der Waals surface area contributed by atoms with Gasteiger partial charge in [-0.2, -0.15) is 5.10 Å². The van der Waals surface area contributed by atoms with E-state index in [0.717, 1.165) is 28.6 Å². The normalized spacial score (nSPS) is 11.3. The number of hydrazone groups is 1. The zero-order valence-corrected chi connectivity index (χ0v) is 18.2. The smallest absolute Gasteiger partial charge is 0.244 e. The van der Waals surface area contributed by atoms with Gasteiger partial charge in [-0.3, -0.25) is 4.79 Å². The number of carbonyl (C=O) groups is 1. The van der Waals surface area contributed by atoms with Crippen LogP contribution in [0.15, 0.2) is 78.0 Å². The van der Waals surface area contributed by atoms with Crippen LogP contribution < -0.4 is 5.43 Å². The number of aromatic nitrogens is 1. The number of para-hydroxylation sites is 1. The lowest BCUT2D eigenvalue weighted by Gasteiger charge is -2.08. The Bertz CT molecular complexity index is 1270. The summed E-state index contributed by atoms with van der Waals surface area (Å²) in [6, 6.07) is 22.8. The van der Waals surface area contributed by atoms with Crippen molar-refractivity contribution in [2.75, 3.05) is 0 Å². The number of nitrogens with one attached hydrogen (secondary N) is 1. The highest BCUT2D eigenvalue weighted by Crippen LogP contribution is 2.22. The van der Waals surface area contributed by atoms with Crippen molar-refractivity contribution in [3.05, 3.63) is 106 Å². The standard InChI is InChI=1S/C27H27N3O/c1-19-12-13-22(14-21(19)3)15-27(31)29-28-16-24-18-30(26-11-7-6-10-25(24)26)17-23-9-5-4-8-20(23)2/h4-14,16,18H,15,17H2,1-3H3,(H,29,31). The van der Waals surface area contributed by atoms with Crippen LogP contribution in [-0.2, 0) is 17.8 Å². The minimum atomic E-state index is -0.122. The van der Waals surface area contributed by atoms with Crippen molar-refractivity contribution in [2.24, 2.45) is 5.10 Å². The maximum absolute atomic E-state index is 12.3. The van der Waals surface area contributed by atoms with Gasteiger partial charge in [0.15, 0.2) is 0 Å². The first-order chi connectivity index (χ1) is 15.0. The molecular formula is C27H27N3O. The minimum absolute atomic E-state index is 0.122. The maximum atomic E-state index is 12.3. The monoisotopic (exact) mass is 409 g/mol. The molecule has 0 saturated carbocycles. The Hall–Kier alpha value is -3.66. The Morgan fingerprint density at radius 3 is 2.52 bits per heavy atom. The predicted octanol–water partition coefficient (Wildman–Crippen LogP) is 5.31. The van der Waals surface area contributed by atoms with Crippen molar-refractivity contribution in [1.29, 1.82) is 0 Å². The molecule has 0 fully saturated rings. The Balaban J connectivity index is 1.50. The van der Waals surface area contributed by atoms with Crippen LogP contribution >= 0.6 is 0 Å². The molecule has 1 amide bonds. The SMILES string of the molecule is Cc1ccc(CC(=O)NN=Cc2cn(Cc3ccccc3C)c3ccccc23)cc1C. The van der Waals surface area contributed by atoms with E-state index >= 15 is 0 Å². The molecule has 4 heteroatoms. The van der Waals surface area contributed by atoms with Gasteiger partial charge in [0, 0.05) is 29.2 Å². The highest BCUT2D eigenvalue weighted by molar-refractivity contribution is 5.99. The summed E-state index contributed by atoms with van der Waals surface area (Å²) in [5.74, 6) is -0.122. The number of amides is 1. The Morgan fingerprint density at radius 1 is 0.935 bits per heavy atom. The first kappa shape index (κ1) is 20.6.